The first kappa shape index (κ1) is 12.8. The Morgan fingerprint density at radius 2 is 1.60 bits per heavy atom. The van der Waals surface area contributed by atoms with Crippen molar-refractivity contribution >= 4 is 28.6 Å². The number of hydrogen-bond acceptors (Lipinski definition) is 2. The van der Waals surface area contributed by atoms with Crippen LogP contribution in [0, 0.1) is 5.41 Å². The average Bonchev–Trinajstić information content (AvgIpc) is 1.89. The fourth-order valence-corrected chi connectivity index (χ4v) is 0.306. The second kappa shape index (κ2) is 5.95. The van der Waals surface area contributed by atoms with Crippen molar-refractivity contribution in [2.24, 2.45) is 5.41 Å². The zero-order valence-electron chi connectivity index (χ0n) is 7.19. The lowest BCUT2D eigenvalue weighted by Crippen LogP contribution is -2.21. The molecule has 0 aromatic carbocycles. The van der Waals surface area contributed by atoms with Crippen LogP contribution in [-0.2, 0) is 9.53 Å². The normalized spacial score (nSPS) is 9.40. The lowest BCUT2D eigenvalue weighted by molar-refractivity contribution is -0.149. The Labute approximate surface area is 76.5 Å². The van der Waals surface area contributed by atoms with Crippen LogP contribution in [-0.4, -0.2) is 18.0 Å². The second-order valence-electron chi connectivity index (χ2n) is 2.74. The highest BCUT2D eigenvalue weighted by molar-refractivity contribution is 14.1. The van der Waals surface area contributed by atoms with E-state index < -0.39 is 0 Å². The molecule has 0 heterocycles. The third kappa shape index (κ3) is 6.32. The minimum Gasteiger partial charge on any atom is -0.469 e. The summed E-state index contributed by atoms with van der Waals surface area (Å²) in [5, 5.41) is 0. The summed E-state index contributed by atoms with van der Waals surface area (Å²) in [7, 11) is 1.40. The minimum atomic E-state index is -0.352. The fourth-order valence-electron chi connectivity index (χ4n) is 0.306. The number of halogens is 1. The highest BCUT2D eigenvalue weighted by atomic mass is 127. The van der Waals surface area contributed by atoms with Crippen LogP contribution in [0.25, 0.3) is 0 Å². The highest BCUT2D eigenvalue weighted by Gasteiger charge is 2.21. The smallest absolute Gasteiger partial charge is 0.310 e. The summed E-state index contributed by atoms with van der Waals surface area (Å²) < 4.78 is 4.48. The molecule has 0 atom stereocenters. The Morgan fingerprint density at radius 1 is 1.30 bits per heavy atom. The predicted molar refractivity (Wildman–Crippen MR) is 51.4 cm³/mol. The molecule has 0 aliphatic heterocycles. The SMILES string of the molecule is CI.COC(=O)C(C)(C)C. The van der Waals surface area contributed by atoms with E-state index in [1.165, 1.54) is 7.11 Å². The van der Waals surface area contributed by atoms with Crippen molar-refractivity contribution in [2.45, 2.75) is 20.8 Å². The molecule has 0 spiro atoms. The van der Waals surface area contributed by atoms with E-state index in [1.54, 1.807) is 0 Å². The van der Waals surface area contributed by atoms with Gasteiger partial charge >= 0.3 is 5.97 Å². The van der Waals surface area contributed by atoms with E-state index in [4.69, 9.17) is 0 Å². The lowest BCUT2D eigenvalue weighted by atomic mass is 9.98. The molecule has 3 heteroatoms. The van der Waals surface area contributed by atoms with Gasteiger partial charge in [-0.1, -0.05) is 22.6 Å². The summed E-state index contributed by atoms with van der Waals surface area (Å²) in [6.45, 7) is 5.45. The maximum absolute atomic E-state index is 10.6. The van der Waals surface area contributed by atoms with E-state index in [0.717, 1.165) is 0 Å². The van der Waals surface area contributed by atoms with Gasteiger partial charge in [-0.15, -0.1) is 0 Å². The summed E-state index contributed by atoms with van der Waals surface area (Å²) in [6, 6.07) is 0. The Kier molecular flexibility index (Phi) is 7.63. The minimum absolute atomic E-state index is 0.169. The second-order valence-corrected chi connectivity index (χ2v) is 2.74. The number of methoxy groups -OCH3 is 1. The molecule has 0 N–H and O–H groups in total. The summed E-state index contributed by atoms with van der Waals surface area (Å²) >= 11 is 2.15. The van der Waals surface area contributed by atoms with Gasteiger partial charge in [0, 0.05) is 0 Å². The molecular formula is C7H15IO2. The van der Waals surface area contributed by atoms with Crippen LogP contribution in [0.2, 0.25) is 0 Å². The van der Waals surface area contributed by atoms with Crippen molar-refractivity contribution in [1.29, 1.82) is 0 Å². The number of ether oxygens (including phenoxy) is 1. The molecule has 0 saturated carbocycles. The first-order valence-corrected chi connectivity index (χ1v) is 5.10. The molecule has 0 amide bonds. The third-order valence-corrected chi connectivity index (χ3v) is 0.798. The fraction of sp³-hybridized carbons (Fsp3) is 0.857. The van der Waals surface area contributed by atoms with Crippen molar-refractivity contribution in [3.8, 4) is 0 Å². The van der Waals surface area contributed by atoms with Crippen molar-refractivity contribution in [3.05, 3.63) is 0 Å². The number of alkyl halides is 1. The van der Waals surface area contributed by atoms with Gasteiger partial charge in [-0.25, -0.2) is 0 Å². The topological polar surface area (TPSA) is 26.3 Å². The standard InChI is InChI=1S/C6H12O2.CH3I/c1-6(2,3)5(7)8-4;1-2/h1-4H3;1H3. The van der Waals surface area contributed by atoms with Gasteiger partial charge in [-0.05, 0) is 25.7 Å². The van der Waals surface area contributed by atoms with Gasteiger partial charge in [0.05, 0.1) is 12.5 Å². The van der Waals surface area contributed by atoms with E-state index in [9.17, 15) is 4.79 Å². The molecule has 0 aliphatic rings. The molecule has 10 heavy (non-hydrogen) atoms. The van der Waals surface area contributed by atoms with Gasteiger partial charge in [0.1, 0.15) is 0 Å². The largest absolute Gasteiger partial charge is 0.469 e. The third-order valence-electron chi connectivity index (χ3n) is 0.798. The number of carbonyl (C=O) groups is 1. The van der Waals surface area contributed by atoms with Gasteiger partial charge < -0.3 is 4.74 Å². The van der Waals surface area contributed by atoms with E-state index in [-0.39, 0.29) is 11.4 Å². The van der Waals surface area contributed by atoms with E-state index >= 15 is 0 Å². The molecule has 62 valence electrons. The van der Waals surface area contributed by atoms with E-state index in [1.807, 2.05) is 25.7 Å². The molecule has 2 nitrogen and oxygen atoms in total. The Bertz CT molecular complexity index is 94.3. The van der Waals surface area contributed by atoms with Gasteiger partial charge in [0.2, 0.25) is 0 Å². The van der Waals surface area contributed by atoms with Crippen molar-refractivity contribution in [3.63, 3.8) is 0 Å². The zero-order chi connectivity index (χ0) is 8.78. The van der Waals surface area contributed by atoms with Crippen LogP contribution >= 0.6 is 22.6 Å². The van der Waals surface area contributed by atoms with Crippen LogP contribution in [0.1, 0.15) is 20.8 Å². The summed E-state index contributed by atoms with van der Waals surface area (Å²) in [5.74, 6) is -0.169. The number of esters is 1. The molecule has 0 aromatic rings. The highest BCUT2D eigenvalue weighted by Crippen LogP contribution is 2.13. The Morgan fingerprint density at radius 3 is 1.60 bits per heavy atom. The Balaban J connectivity index is 0. The molecular weight excluding hydrogens is 243 g/mol. The predicted octanol–water partition coefficient (Wildman–Crippen LogP) is 2.26. The van der Waals surface area contributed by atoms with Crippen LogP contribution in [0.5, 0.6) is 0 Å². The van der Waals surface area contributed by atoms with E-state index in [2.05, 4.69) is 27.3 Å². The van der Waals surface area contributed by atoms with Crippen LogP contribution in [0.4, 0.5) is 0 Å². The van der Waals surface area contributed by atoms with Gasteiger partial charge in [-0.3, -0.25) is 4.79 Å². The molecule has 0 radical (unpaired) electrons. The van der Waals surface area contributed by atoms with Gasteiger partial charge in [0.25, 0.3) is 0 Å². The first-order chi connectivity index (χ1) is 4.48. The first-order valence-electron chi connectivity index (χ1n) is 2.94. The van der Waals surface area contributed by atoms with Crippen LogP contribution in [0.15, 0.2) is 0 Å². The van der Waals surface area contributed by atoms with Gasteiger partial charge in [0.15, 0.2) is 0 Å². The summed E-state index contributed by atoms with van der Waals surface area (Å²) in [6.07, 6.45) is 0. The van der Waals surface area contributed by atoms with E-state index in [0.29, 0.717) is 0 Å². The quantitative estimate of drug-likeness (QED) is 0.378. The maximum atomic E-state index is 10.6. The molecule has 0 aliphatic carbocycles. The summed E-state index contributed by atoms with van der Waals surface area (Å²) in [4.78, 5) is 12.6. The average molecular weight is 258 g/mol. The molecule has 0 aromatic heterocycles. The molecule has 0 rings (SSSR count). The molecule has 0 bridgehead atoms. The number of hydrogen-bond donors (Lipinski definition) is 0. The maximum Gasteiger partial charge on any atom is 0.310 e. The monoisotopic (exact) mass is 258 g/mol. The molecule has 0 unspecified atom stereocenters. The molecule has 0 saturated heterocycles. The Hall–Kier alpha value is 0.200. The van der Waals surface area contributed by atoms with Crippen molar-refractivity contribution in [1.82, 2.24) is 0 Å². The van der Waals surface area contributed by atoms with Crippen LogP contribution < -0.4 is 0 Å². The zero-order valence-corrected chi connectivity index (χ0v) is 9.35. The van der Waals surface area contributed by atoms with Crippen LogP contribution in [0.3, 0.4) is 0 Å². The number of carbonyl (C=O) groups excluding carboxylic acids is 1. The van der Waals surface area contributed by atoms with Crippen molar-refractivity contribution < 1.29 is 9.53 Å². The van der Waals surface area contributed by atoms with Crippen molar-refractivity contribution in [2.75, 3.05) is 12.0 Å². The molecule has 0 fully saturated rings. The summed E-state index contributed by atoms with van der Waals surface area (Å²) in [5.41, 5.74) is -0.352. The number of rotatable bonds is 0. The lowest BCUT2D eigenvalue weighted by Gasteiger charge is -2.13. The van der Waals surface area contributed by atoms with Gasteiger partial charge in [-0.2, -0.15) is 0 Å².